The van der Waals surface area contributed by atoms with Crippen molar-refractivity contribution in [3.05, 3.63) is 77.4 Å². The topological polar surface area (TPSA) is 96.7 Å². The summed E-state index contributed by atoms with van der Waals surface area (Å²) in [6, 6.07) is 9.95. The first-order chi connectivity index (χ1) is 18.7. The molecule has 0 radical (unpaired) electrons. The molecule has 2 fully saturated rings. The number of rotatable bonds is 3. The van der Waals surface area contributed by atoms with Gasteiger partial charge in [0.15, 0.2) is 0 Å². The highest BCUT2D eigenvalue weighted by molar-refractivity contribution is 6.00. The number of carbonyl (C=O) groups is 2. The van der Waals surface area contributed by atoms with E-state index < -0.39 is 17.7 Å². The highest BCUT2D eigenvalue weighted by Gasteiger charge is 2.55. The highest BCUT2D eigenvalue weighted by atomic mass is 19.1. The molecule has 2 amide bonds. The summed E-state index contributed by atoms with van der Waals surface area (Å²) < 4.78 is 20.2. The van der Waals surface area contributed by atoms with Gasteiger partial charge in [-0.15, -0.1) is 0 Å². The van der Waals surface area contributed by atoms with E-state index >= 15 is 0 Å². The number of anilines is 1. The van der Waals surface area contributed by atoms with Crippen LogP contribution >= 0.6 is 0 Å². The van der Waals surface area contributed by atoms with Gasteiger partial charge in [-0.1, -0.05) is 30.4 Å². The van der Waals surface area contributed by atoms with Gasteiger partial charge in [0.2, 0.25) is 0 Å². The third-order valence-electron chi connectivity index (χ3n) is 8.01. The fourth-order valence-corrected chi connectivity index (χ4v) is 5.79. The molecule has 3 aromatic rings. The molecule has 2 heterocycles. The fourth-order valence-electron chi connectivity index (χ4n) is 5.79. The van der Waals surface area contributed by atoms with Crippen LogP contribution in [-0.2, 0) is 11.2 Å². The van der Waals surface area contributed by atoms with Gasteiger partial charge in [0.1, 0.15) is 29.8 Å². The molecule has 1 atom stereocenters. The molecule has 2 N–H and O–H groups in total. The molecular formula is C30H29FN4O4. The molecule has 2 aromatic carbocycles. The molecule has 2 saturated carbocycles. The molecule has 9 heteroatoms. The molecule has 0 bridgehead atoms. The first-order valence-corrected chi connectivity index (χ1v) is 13.1. The minimum atomic E-state index is -0.938. The molecule has 0 saturated heterocycles. The second-order valence-electron chi connectivity index (χ2n) is 11.0. The Bertz CT molecular complexity index is 1490. The first-order valence-electron chi connectivity index (χ1n) is 13.1. The van der Waals surface area contributed by atoms with Gasteiger partial charge in [-0.25, -0.2) is 9.18 Å². The Morgan fingerprint density at radius 1 is 1.21 bits per heavy atom. The van der Waals surface area contributed by atoms with Gasteiger partial charge < -0.3 is 20.1 Å². The van der Waals surface area contributed by atoms with Gasteiger partial charge in [-0.3, -0.25) is 4.79 Å². The van der Waals surface area contributed by atoms with E-state index in [1.54, 1.807) is 49.8 Å². The largest absolute Gasteiger partial charge is 0.489 e. The quantitative estimate of drug-likeness (QED) is 0.506. The zero-order chi connectivity index (χ0) is 27.2. The number of fused-ring (bicyclic) bond motifs is 1. The van der Waals surface area contributed by atoms with Crippen molar-refractivity contribution in [3.63, 3.8) is 0 Å². The second-order valence-corrected chi connectivity index (χ2v) is 11.0. The average Bonchev–Trinajstić information content (AvgIpc) is 3.32. The SMILES string of the molecule is CN1C(=O)[C@@H](NC(=O)n2cc(Cc3ccc(F)cc3)cn2)COc2ccc(C#CC3(O)CC4(CCC4)C3)cc21. The van der Waals surface area contributed by atoms with Crippen molar-refractivity contribution < 1.29 is 23.8 Å². The summed E-state index contributed by atoms with van der Waals surface area (Å²) in [5.41, 5.74) is 2.24. The van der Waals surface area contributed by atoms with Crippen LogP contribution in [-0.4, -0.2) is 52.1 Å². The summed E-state index contributed by atoms with van der Waals surface area (Å²) in [5, 5.41) is 17.5. The predicted molar refractivity (Wildman–Crippen MR) is 142 cm³/mol. The first kappa shape index (κ1) is 25.1. The van der Waals surface area contributed by atoms with Crippen LogP contribution in [0.2, 0.25) is 0 Å². The van der Waals surface area contributed by atoms with Crippen molar-refractivity contribution in [1.82, 2.24) is 15.1 Å². The van der Waals surface area contributed by atoms with Crippen LogP contribution < -0.4 is 15.0 Å². The van der Waals surface area contributed by atoms with Crippen LogP contribution in [0, 0.1) is 23.1 Å². The van der Waals surface area contributed by atoms with Crippen LogP contribution in [0.4, 0.5) is 14.9 Å². The lowest BCUT2D eigenvalue weighted by atomic mass is 9.50. The number of aromatic nitrogens is 2. The number of ether oxygens (including phenoxy) is 1. The Hall–Kier alpha value is -4.16. The van der Waals surface area contributed by atoms with E-state index in [2.05, 4.69) is 22.3 Å². The van der Waals surface area contributed by atoms with Crippen LogP contribution in [0.5, 0.6) is 5.75 Å². The molecule has 1 aromatic heterocycles. The van der Waals surface area contributed by atoms with Crippen LogP contribution in [0.3, 0.4) is 0 Å². The number of amides is 2. The number of likely N-dealkylation sites (N-methyl/N-ethyl adjacent to an activating group) is 1. The smallest absolute Gasteiger partial charge is 0.342 e. The maximum Gasteiger partial charge on any atom is 0.342 e. The molecule has 1 spiro atoms. The number of halogens is 1. The minimum absolute atomic E-state index is 0.0432. The Morgan fingerprint density at radius 3 is 2.69 bits per heavy atom. The lowest BCUT2D eigenvalue weighted by Crippen LogP contribution is -2.54. The summed E-state index contributed by atoms with van der Waals surface area (Å²) in [6.07, 6.45) is 8.66. The summed E-state index contributed by atoms with van der Waals surface area (Å²) >= 11 is 0. The molecule has 39 heavy (non-hydrogen) atoms. The lowest BCUT2D eigenvalue weighted by Gasteiger charge is -2.56. The second kappa shape index (κ2) is 9.54. The third-order valence-corrected chi connectivity index (χ3v) is 8.01. The summed E-state index contributed by atoms with van der Waals surface area (Å²) in [4.78, 5) is 27.6. The maximum absolute atomic E-state index is 13.2. The van der Waals surface area contributed by atoms with E-state index in [9.17, 15) is 19.1 Å². The van der Waals surface area contributed by atoms with Crippen molar-refractivity contribution in [2.75, 3.05) is 18.6 Å². The Balaban J connectivity index is 1.11. The molecule has 200 valence electrons. The van der Waals surface area contributed by atoms with Gasteiger partial charge in [-0.2, -0.15) is 9.78 Å². The van der Waals surface area contributed by atoms with Crippen molar-refractivity contribution in [3.8, 4) is 17.6 Å². The molecular weight excluding hydrogens is 499 g/mol. The third kappa shape index (κ3) is 5.00. The van der Waals surface area contributed by atoms with E-state index in [1.807, 2.05) is 0 Å². The molecule has 1 aliphatic heterocycles. The van der Waals surface area contributed by atoms with E-state index in [-0.39, 0.29) is 18.3 Å². The maximum atomic E-state index is 13.2. The van der Waals surface area contributed by atoms with Gasteiger partial charge in [0, 0.05) is 25.2 Å². The summed E-state index contributed by atoms with van der Waals surface area (Å²) in [6.45, 7) is -0.0432. The summed E-state index contributed by atoms with van der Waals surface area (Å²) in [7, 11) is 1.63. The summed E-state index contributed by atoms with van der Waals surface area (Å²) in [5.74, 6) is 5.96. The number of nitrogens with zero attached hydrogens (tertiary/aromatic N) is 3. The Labute approximate surface area is 225 Å². The number of benzene rings is 2. The molecule has 2 aliphatic carbocycles. The monoisotopic (exact) mass is 528 g/mol. The number of carbonyl (C=O) groups excluding carboxylic acids is 2. The number of aliphatic hydroxyl groups is 1. The van der Waals surface area contributed by atoms with Gasteiger partial charge in [0.05, 0.1) is 11.9 Å². The van der Waals surface area contributed by atoms with Crippen LogP contribution in [0.15, 0.2) is 54.9 Å². The van der Waals surface area contributed by atoms with Crippen molar-refractivity contribution >= 4 is 17.6 Å². The normalized spacial score (nSPS) is 20.4. The fraction of sp³-hybridized carbons (Fsp3) is 0.367. The van der Waals surface area contributed by atoms with Crippen LogP contribution in [0.25, 0.3) is 0 Å². The van der Waals surface area contributed by atoms with E-state index in [0.29, 0.717) is 28.8 Å². The Morgan fingerprint density at radius 2 is 1.97 bits per heavy atom. The van der Waals surface area contributed by atoms with E-state index in [1.165, 1.54) is 36.3 Å². The van der Waals surface area contributed by atoms with Gasteiger partial charge >= 0.3 is 6.03 Å². The molecule has 6 rings (SSSR count). The standard InChI is InChI=1S/C30H29FN4O4/c1-34-25-14-21(9-12-30(38)18-29(19-30)10-2-11-29)5-8-26(25)39-17-24(27(34)36)33-28(37)35-16-22(15-32-35)13-20-3-6-23(31)7-4-20/h3-8,14-16,24,38H,2,10-11,13,17-19H2,1H3,(H,33,37)/t24-/m0/s1. The number of hydrogen-bond donors (Lipinski definition) is 2. The Kier molecular flexibility index (Phi) is 6.15. The van der Waals surface area contributed by atoms with E-state index in [4.69, 9.17) is 4.74 Å². The molecule has 3 aliphatic rings. The van der Waals surface area contributed by atoms with Gasteiger partial charge in [0.25, 0.3) is 5.91 Å². The van der Waals surface area contributed by atoms with Crippen molar-refractivity contribution in [2.45, 2.75) is 50.2 Å². The minimum Gasteiger partial charge on any atom is -0.489 e. The number of hydrogen-bond acceptors (Lipinski definition) is 5. The van der Waals surface area contributed by atoms with Gasteiger partial charge in [-0.05, 0) is 72.6 Å². The zero-order valence-electron chi connectivity index (χ0n) is 21.6. The van der Waals surface area contributed by atoms with Crippen LogP contribution in [0.1, 0.15) is 48.8 Å². The molecule has 8 nitrogen and oxygen atoms in total. The number of nitrogens with one attached hydrogen (secondary N) is 1. The van der Waals surface area contributed by atoms with Crippen molar-refractivity contribution in [2.24, 2.45) is 5.41 Å². The highest BCUT2D eigenvalue weighted by Crippen LogP contribution is 2.60. The zero-order valence-corrected chi connectivity index (χ0v) is 21.6. The predicted octanol–water partition coefficient (Wildman–Crippen LogP) is 3.64. The molecule has 0 unspecified atom stereocenters. The van der Waals surface area contributed by atoms with E-state index in [0.717, 1.165) is 28.7 Å². The van der Waals surface area contributed by atoms with Crippen molar-refractivity contribution in [1.29, 1.82) is 0 Å². The lowest BCUT2D eigenvalue weighted by molar-refractivity contribution is -0.126. The average molecular weight is 529 g/mol.